The van der Waals surface area contributed by atoms with Gasteiger partial charge >= 0.3 is 5.97 Å². The average Bonchev–Trinajstić information content (AvgIpc) is 3.29. The average molecular weight is 479 g/mol. The molecule has 0 saturated carbocycles. The molecular formula is C25H23ClN4O4. The minimum atomic E-state index is -2.02. The molecule has 0 spiro atoms. The van der Waals surface area contributed by atoms with E-state index in [9.17, 15) is 19.8 Å². The Bertz CT molecular complexity index is 1320. The number of benzene rings is 3. The second kappa shape index (κ2) is 9.62. The first-order valence-corrected chi connectivity index (χ1v) is 11.0. The molecule has 0 aliphatic rings. The Labute approximate surface area is 200 Å². The first-order chi connectivity index (χ1) is 16.2. The topological polar surface area (TPSA) is 128 Å². The Balaban J connectivity index is 1.56. The number of hydrogen-bond acceptors (Lipinski definition) is 5. The molecule has 1 aromatic heterocycles. The molecule has 0 saturated heterocycles. The molecule has 2 atom stereocenters. The molecule has 34 heavy (non-hydrogen) atoms. The zero-order valence-corrected chi connectivity index (χ0v) is 19.1. The number of carboxylic acids is 1. The number of carboxylic acid groups (broad SMARTS) is 1. The second-order valence-electron chi connectivity index (χ2n) is 8.37. The van der Waals surface area contributed by atoms with Gasteiger partial charge in [0.05, 0.1) is 5.02 Å². The van der Waals surface area contributed by atoms with Gasteiger partial charge in [-0.2, -0.15) is 15.4 Å². The number of fused-ring (bicyclic) bond motifs is 1. The summed E-state index contributed by atoms with van der Waals surface area (Å²) >= 11 is 6.21. The quantitative estimate of drug-likeness (QED) is 0.304. The van der Waals surface area contributed by atoms with Gasteiger partial charge in [-0.3, -0.25) is 4.79 Å². The molecule has 0 radical (unpaired) electrons. The van der Waals surface area contributed by atoms with Gasteiger partial charge in [-0.25, -0.2) is 4.79 Å². The Kier molecular flexibility index (Phi) is 6.63. The molecule has 8 nitrogen and oxygen atoms in total. The van der Waals surface area contributed by atoms with Crippen LogP contribution in [-0.2, 0) is 11.2 Å². The van der Waals surface area contributed by atoms with Crippen molar-refractivity contribution >= 4 is 34.5 Å². The number of carbonyl (C=O) groups is 2. The third-order valence-electron chi connectivity index (χ3n) is 5.62. The van der Waals surface area contributed by atoms with Crippen LogP contribution in [0.3, 0.4) is 0 Å². The first-order valence-electron chi connectivity index (χ1n) is 10.6. The fourth-order valence-corrected chi connectivity index (χ4v) is 4.06. The number of aromatic nitrogens is 3. The van der Waals surface area contributed by atoms with Gasteiger partial charge in [-0.1, -0.05) is 66.2 Å². The number of nitrogens with zero attached hydrogens (tertiary/aromatic N) is 2. The summed E-state index contributed by atoms with van der Waals surface area (Å²) < 4.78 is 0. The molecule has 1 heterocycles. The maximum Gasteiger partial charge on any atom is 0.335 e. The highest BCUT2D eigenvalue weighted by molar-refractivity contribution is 6.35. The lowest BCUT2D eigenvalue weighted by Crippen LogP contribution is -2.46. The molecule has 2 unspecified atom stereocenters. The number of carbonyl (C=O) groups excluding carboxylic acids is 1. The summed E-state index contributed by atoms with van der Waals surface area (Å²) in [5.74, 6) is -1.82. The third kappa shape index (κ3) is 5.24. The van der Waals surface area contributed by atoms with Gasteiger partial charge in [0.25, 0.3) is 5.91 Å². The van der Waals surface area contributed by atoms with Crippen molar-refractivity contribution in [3.05, 3.63) is 82.9 Å². The number of hydrogen-bond donors (Lipinski definition) is 4. The van der Waals surface area contributed by atoms with Crippen LogP contribution in [0.2, 0.25) is 5.02 Å². The molecule has 4 rings (SSSR count). The minimum Gasteiger partial charge on any atom is -0.479 e. The molecule has 3 aromatic carbocycles. The lowest BCUT2D eigenvalue weighted by molar-refractivity contribution is -0.157. The summed E-state index contributed by atoms with van der Waals surface area (Å²) in [6.07, 6.45) is 0.138. The predicted molar refractivity (Wildman–Crippen MR) is 129 cm³/mol. The van der Waals surface area contributed by atoms with E-state index < -0.39 is 23.5 Å². The lowest BCUT2D eigenvalue weighted by atomic mass is 9.92. The molecule has 4 N–H and O–H groups in total. The molecular weight excluding hydrogens is 456 g/mol. The van der Waals surface area contributed by atoms with E-state index in [1.54, 1.807) is 6.07 Å². The van der Waals surface area contributed by atoms with Crippen LogP contribution >= 0.6 is 11.6 Å². The van der Waals surface area contributed by atoms with Gasteiger partial charge < -0.3 is 15.5 Å². The number of rotatable bonds is 8. The van der Waals surface area contributed by atoms with Crippen LogP contribution in [0.1, 0.15) is 29.3 Å². The summed E-state index contributed by atoms with van der Waals surface area (Å²) in [5, 5.41) is 33.3. The number of nitrogens with one attached hydrogen (secondary N) is 2. The van der Waals surface area contributed by atoms with Crippen molar-refractivity contribution in [2.75, 3.05) is 0 Å². The van der Waals surface area contributed by atoms with Gasteiger partial charge in [0.15, 0.2) is 5.60 Å². The van der Waals surface area contributed by atoms with E-state index >= 15 is 0 Å². The van der Waals surface area contributed by atoms with E-state index in [4.69, 9.17) is 11.6 Å². The van der Waals surface area contributed by atoms with Crippen molar-refractivity contribution in [2.24, 2.45) is 0 Å². The number of amides is 1. The van der Waals surface area contributed by atoms with E-state index in [1.165, 1.54) is 13.0 Å². The SMILES string of the molecule is CC(O)(CC(Cc1ccc(-c2ccccc2)cc1)NC(=O)c1cc(Cl)c2n[nH]nc2c1)C(=O)O. The van der Waals surface area contributed by atoms with Crippen molar-refractivity contribution in [1.82, 2.24) is 20.7 Å². The van der Waals surface area contributed by atoms with Crippen LogP contribution in [0.5, 0.6) is 0 Å². The van der Waals surface area contributed by atoms with E-state index in [1.807, 2.05) is 54.6 Å². The largest absolute Gasteiger partial charge is 0.479 e. The van der Waals surface area contributed by atoms with Crippen LogP contribution < -0.4 is 5.32 Å². The van der Waals surface area contributed by atoms with Crippen LogP contribution in [-0.4, -0.2) is 49.1 Å². The van der Waals surface area contributed by atoms with Crippen molar-refractivity contribution in [3.63, 3.8) is 0 Å². The van der Waals surface area contributed by atoms with E-state index in [0.29, 0.717) is 17.5 Å². The smallest absolute Gasteiger partial charge is 0.335 e. The Morgan fingerprint density at radius 2 is 1.74 bits per heavy atom. The number of H-pyrrole nitrogens is 1. The van der Waals surface area contributed by atoms with Gasteiger partial charge in [-0.15, -0.1) is 0 Å². The Morgan fingerprint density at radius 3 is 2.41 bits per heavy atom. The van der Waals surface area contributed by atoms with Crippen molar-refractivity contribution < 1.29 is 19.8 Å². The molecule has 0 aliphatic heterocycles. The monoisotopic (exact) mass is 478 g/mol. The van der Waals surface area contributed by atoms with Crippen LogP contribution in [0.25, 0.3) is 22.2 Å². The zero-order valence-electron chi connectivity index (χ0n) is 18.3. The van der Waals surface area contributed by atoms with Gasteiger partial charge in [0.2, 0.25) is 0 Å². The first kappa shape index (κ1) is 23.4. The number of aliphatic carboxylic acids is 1. The van der Waals surface area contributed by atoms with Gasteiger partial charge in [0.1, 0.15) is 11.0 Å². The third-order valence-corrected chi connectivity index (χ3v) is 5.91. The molecule has 0 aliphatic carbocycles. The molecule has 1 amide bonds. The summed E-state index contributed by atoms with van der Waals surface area (Å²) in [6, 6.07) is 20.1. The van der Waals surface area contributed by atoms with Crippen molar-refractivity contribution in [1.29, 1.82) is 0 Å². The molecule has 4 aromatic rings. The van der Waals surface area contributed by atoms with Crippen molar-refractivity contribution in [3.8, 4) is 11.1 Å². The lowest BCUT2D eigenvalue weighted by Gasteiger charge is -2.26. The highest BCUT2D eigenvalue weighted by Crippen LogP contribution is 2.24. The summed E-state index contributed by atoms with van der Waals surface area (Å²) in [7, 11) is 0. The summed E-state index contributed by atoms with van der Waals surface area (Å²) in [4.78, 5) is 24.5. The summed E-state index contributed by atoms with van der Waals surface area (Å²) in [6.45, 7) is 1.21. The maximum absolute atomic E-state index is 13.0. The molecule has 0 fully saturated rings. The number of aromatic amines is 1. The van der Waals surface area contributed by atoms with Crippen molar-refractivity contribution in [2.45, 2.75) is 31.4 Å². The maximum atomic E-state index is 13.0. The van der Waals surface area contributed by atoms with E-state index in [0.717, 1.165) is 16.7 Å². The normalized spacial score (nSPS) is 13.9. The highest BCUT2D eigenvalue weighted by Gasteiger charge is 2.34. The van der Waals surface area contributed by atoms with E-state index in [-0.39, 0.29) is 17.0 Å². The predicted octanol–water partition coefficient (Wildman–Crippen LogP) is 3.85. The van der Waals surface area contributed by atoms with Crippen LogP contribution in [0.4, 0.5) is 0 Å². The standard InChI is InChI=1S/C25H23ClN4O4/c1-25(34,24(32)33)14-19(11-15-7-9-17(10-8-15)16-5-3-2-4-6-16)27-23(31)18-12-20(26)22-21(13-18)28-30-29-22/h2-10,12-13,19,34H,11,14H2,1H3,(H,27,31)(H,32,33)(H,28,29,30). The molecule has 0 bridgehead atoms. The van der Waals surface area contributed by atoms with E-state index in [2.05, 4.69) is 20.7 Å². The number of aliphatic hydroxyl groups is 1. The summed E-state index contributed by atoms with van der Waals surface area (Å²) in [5.41, 5.74) is 2.12. The fourth-order valence-electron chi connectivity index (χ4n) is 3.80. The second-order valence-corrected chi connectivity index (χ2v) is 8.78. The number of halogens is 1. The highest BCUT2D eigenvalue weighted by atomic mass is 35.5. The Morgan fingerprint density at radius 1 is 1.06 bits per heavy atom. The zero-order chi connectivity index (χ0) is 24.3. The molecule has 9 heteroatoms. The Hall–Kier alpha value is -3.75. The fraction of sp³-hybridized carbons (Fsp3) is 0.200. The molecule has 174 valence electrons. The van der Waals surface area contributed by atoms with Crippen LogP contribution in [0, 0.1) is 0 Å². The van der Waals surface area contributed by atoms with Gasteiger partial charge in [0, 0.05) is 18.0 Å². The van der Waals surface area contributed by atoms with Gasteiger partial charge in [-0.05, 0) is 42.2 Å². The minimum absolute atomic E-state index is 0.186. The van der Waals surface area contributed by atoms with Crippen LogP contribution in [0.15, 0.2) is 66.7 Å².